The molecule has 0 N–H and O–H groups in total. The van der Waals surface area contributed by atoms with Gasteiger partial charge in [0, 0.05) is 0 Å². The van der Waals surface area contributed by atoms with Crippen LogP contribution in [0.2, 0.25) is 0 Å². The van der Waals surface area contributed by atoms with Crippen molar-refractivity contribution in [1.82, 2.24) is 1.33 Å². The summed E-state index contributed by atoms with van der Waals surface area (Å²) in [6.07, 6.45) is 0. The minimum atomic E-state index is 0.211. The van der Waals surface area contributed by atoms with Gasteiger partial charge in [0.2, 0.25) is 0 Å². The number of hydrogen-bond acceptors (Lipinski definition) is 1. The van der Waals surface area contributed by atoms with Crippen LogP contribution in [0.5, 0.6) is 0 Å². The van der Waals surface area contributed by atoms with E-state index in [1.54, 1.807) is 0 Å². The van der Waals surface area contributed by atoms with E-state index in [0.29, 0.717) is 0 Å². The third kappa shape index (κ3) is 4.13. The first-order valence-electron chi connectivity index (χ1n) is 3.52. The van der Waals surface area contributed by atoms with E-state index in [1.165, 1.54) is 8.02 Å². The van der Waals surface area contributed by atoms with Gasteiger partial charge in [-0.2, -0.15) is 0 Å². The van der Waals surface area contributed by atoms with Gasteiger partial charge in [-0.05, 0) is 0 Å². The monoisotopic (exact) mass is 299 g/mol. The third-order valence-corrected chi connectivity index (χ3v) is 3.65. The van der Waals surface area contributed by atoms with Gasteiger partial charge in [0.05, 0.1) is 0 Å². The van der Waals surface area contributed by atoms with Crippen LogP contribution < -0.4 is 0 Å². The van der Waals surface area contributed by atoms with Crippen molar-refractivity contribution < 1.29 is 34.6 Å². The first-order chi connectivity index (χ1) is 5.29. The fraction of sp³-hybridized carbons (Fsp3) is 0.333. The number of rotatable bonds is 3. The molecule has 64 valence electrons. The maximum atomic E-state index is 2.31. The Morgan fingerprint density at radius 1 is 1.18 bits per heavy atom. The van der Waals surface area contributed by atoms with Gasteiger partial charge in [0.1, 0.15) is 0 Å². The average molecular weight is 298 g/mol. The van der Waals surface area contributed by atoms with Crippen LogP contribution in [0.4, 0.5) is 0 Å². The number of hydrogen-bond donors (Lipinski definition) is 0. The molecule has 1 rings (SSSR count). The van der Waals surface area contributed by atoms with Crippen LogP contribution >= 0.6 is 0 Å². The van der Waals surface area contributed by atoms with E-state index >= 15 is 0 Å². The molecule has 0 bridgehead atoms. The predicted octanol–water partition coefficient (Wildman–Crippen LogP) is 1.75. The molecule has 0 aliphatic carbocycles. The Kier molecular flexibility index (Phi) is 4.48. The van der Waals surface area contributed by atoms with Crippen LogP contribution in [0.15, 0.2) is 30.3 Å². The topological polar surface area (TPSA) is 3.24 Å². The quantitative estimate of drug-likeness (QED) is 0.822. The second-order valence-electron chi connectivity index (χ2n) is 2.43. The molecule has 0 atom stereocenters. The van der Waals surface area contributed by atoms with E-state index in [2.05, 4.69) is 45.8 Å². The van der Waals surface area contributed by atoms with E-state index in [9.17, 15) is 0 Å². The Morgan fingerprint density at radius 3 is 2.36 bits per heavy atom. The summed E-state index contributed by atoms with van der Waals surface area (Å²) in [6.45, 7) is 0. The van der Waals surface area contributed by atoms with E-state index in [0.717, 1.165) is 0 Å². The molecule has 2 heteroatoms. The maximum absolute atomic E-state index is 2.31. The van der Waals surface area contributed by atoms with E-state index in [1.807, 2.05) is 0 Å². The van der Waals surface area contributed by atoms with Crippen molar-refractivity contribution in [3.05, 3.63) is 35.9 Å². The standard InChI is InChI=1S/C7H7.C2H6N.Dy/c1-7-5-3-2-4-6-7;1-3-2;/h2-6H,1H2;1-2H3;/q;-1;+1. The predicted molar refractivity (Wildman–Crippen MR) is 43.8 cm³/mol. The summed E-state index contributed by atoms with van der Waals surface area (Å²) in [7, 11) is 4.30. The van der Waals surface area contributed by atoms with Crippen LogP contribution in [0, 0.1) is 34.6 Å². The molecule has 1 aromatic carbocycles. The van der Waals surface area contributed by atoms with Gasteiger partial charge in [0.15, 0.2) is 0 Å². The molecule has 0 aliphatic rings. The SMILES string of the molecule is C[N](C)[Dy][CH2]c1ccccc1. The van der Waals surface area contributed by atoms with Gasteiger partial charge in [0.25, 0.3) is 0 Å². The van der Waals surface area contributed by atoms with Crippen LogP contribution in [-0.2, 0) is 2.46 Å². The van der Waals surface area contributed by atoms with Crippen molar-refractivity contribution in [1.29, 1.82) is 0 Å². The molecule has 11 heavy (non-hydrogen) atoms. The molecule has 0 fully saturated rings. The molecule has 0 heterocycles. The summed E-state index contributed by atoms with van der Waals surface area (Å²) in [6, 6.07) is 10.7. The Bertz CT molecular complexity index is 196. The Morgan fingerprint density at radius 2 is 1.82 bits per heavy atom. The number of benzene rings is 1. The second-order valence-corrected chi connectivity index (χ2v) is 5.60. The zero-order valence-corrected chi connectivity index (χ0v) is 8.89. The van der Waals surface area contributed by atoms with Crippen molar-refractivity contribution >= 4 is 0 Å². The molecule has 0 aliphatic heterocycles. The summed E-state index contributed by atoms with van der Waals surface area (Å²) in [5.74, 6) is 0. The van der Waals surface area contributed by atoms with Crippen molar-refractivity contribution in [3.8, 4) is 0 Å². The molecule has 0 radical (unpaired) electrons. The normalized spacial score (nSPS) is 10.8. The van der Waals surface area contributed by atoms with Crippen molar-refractivity contribution in [2.45, 2.75) is 2.46 Å². The van der Waals surface area contributed by atoms with E-state index in [4.69, 9.17) is 0 Å². The molecule has 0 saturated heterocycles. The zero-order chi connectivity index (χ0) is 8.10. The molecular weight excluding hydrogens is 285 g/mol. The van der Waals surface area contributed by atoms with E-state index in [-0.39, 0.29) is 34.6 Å². The Labute approximate surface area is 87.6 Å². The minimum absolute atomic E-state index is 0.211. The Hall–Kier alpha value is 0.453. The van der Waals surface area contributed by atoms with Crippen LogP contribution in [0.25, 0.3) is 0 Å². The molecule has 0 aromatic heterocycles. The summed E-state index contributed by atoms with van der Waals surface area (Å²) in [5.41, 5.74) is 1.47. The fourth-order valence-corrected chi connectivity index (χ4v) is 2.20. The number of nitrogens with zero attached hydrogens (tertiary/aromatic N) is 1. The van der Waals surface area contributed by atoms with Gasteiger partial charge in [-0.3, -0.25) is 0 Å². The van der Waals surface area contributed by atoms with Crippen molar-refractivity contribution in [3.63, 3.8) is 0 Å². The molecular formula is C9H13DyN. The van der Waals surface area contributed by atoms with Crippen molar-refractivity contribution in [2.75, 3.05) is 14.1 Å². The third-order valence-electron chi connectivity index (χ3n) is 1.22. The molecule has 0 unspecified atom stereocenters. The Balaban J connectivity index is 2.39. The first-order valence-corrected chi connectivity index (χ1v) is 5.87. The van der Waals surface area contributed by atoms with E-state index < -0.39 is 0 Å². The molecule has 1 aromatic rings. The molecule has 1 nitrogen and oxygen atoms in total. The molecule has 0 amide bonds. The molecule has 0 saturated carbocycles. The van der Waals surface area contributed by atoms with Crippen molar-refractivity contribution in [2.24, 2.45) is 0 Å². The summed E-state index contributed by atoms with van der Waals surface area (Å²) in [4.78, 5) is 0. The van der Waals surface area contributed by atoms with Gasteiger partial charge in [-0.15, -0.1) is 0 Å². The van der Waals surface area contributed by atoms with Gasteiger partial charge >= 0.3 is 88.4 Å². The average Bonchev–Trinajstić information content (AvgIpc) is 2.03. The second kappa shape index (κ2) is 5.16. The van der Waals surface area contributed by atoms with Crippen LogP contribution in [0.1, 0.15) is 5.56 Å². The van der Waals surface area contributed by atoms with Crippen LogP contribution in [-0.4, -0.2) is 15.4 Å². The summed E-state index contributed by atoms with van der Waals surface area (Å²) >= 11 is 0.211. The first kappa shape index (κ1) is 9.54. The van der Waals surface area contributed by atoms with Gasteiger partial charge in [-0.25, -0.2) is 0 Å². The summed E-state index contributed by atoms with van der Waals surface area (Å²) in [5, 5.41) is 0. The van der Waals surface area contributed by atoms with Crippen LogP contribution in [0.3, 0.4) is 0 Å². The molecule has 0 spiro atoms. The van der Waals surface area contributed by atoms with Gasteiger partial charge in [-0.1, -0.05) is 0 Å². The summed E-state index contributed by atoms with van der Waals surface area (Å²) < 4.78 is 3.57. The van der Waals surface area contributed by atoms with Gasteiger partial charge < -0.3 is 0 Å². The fourth-order valence-electron chi connectivity index (χ4n) is 0.710. The zero-order valence-electron chi connectivity index (χ0n) is 6.86.